The highest BCUT2D eigenvalue weighted by Crippen LogP contribution is 2.01. The van der Waals surface area contributed by atoms with Gasteiger partial charge in [0.2, 0.25) is 0 Å². The zero-order valence-electron chi connectivity index (χ0n) is 8.64. The molecule has 0 heterocycles. The molecule has 0 aromatic heterocycles. The smallest absolute Gasteiger partial charge is 0.407 e. The Hall–Kier alpha value is -1.03. The lowest BCUT2D eigenvalue weighted by atomic mass is 10.1. The van der Waals surface area contributed by atoms with E-state index in [0.717, 1.165) is 11.1 Å². The molecular formula is C9H17NO3. The van der Waals surface area contributed by atoms with E-state index in [1.165, 1.54) is 7.11 Å². The van der Waals surface area contributed by atoms with Crippen molar-refractivity contribution in [2.75, 3.05) is 27.4 Å². The second kappa shape index (κ2) is 6.48. The molecule has 0 aliphatic carbocycles. The SMILES string of the molecule is COC/C(C)=C(\C)CNC(=O)OC. The maximum Gasteiger partial charge on any atom is 0.407 e. The first-order valence-electron chi connectivity index (χ1n) is 4.07. The first-order valence-corrected chi connectivity index (χ1v) is 4.07. The van der Waals surface area contributed by atoms with Gasteiger partial charge < -0.3 is 14.8 Å². The van der Waals surface area contributed by atoms with Gasteiger partial charge in [0.05, 0.1) is 13.7 Å². The van der Waals surface area contributed by atoms with Crippen molar-refractivity contribution in [3.8, 4) is 0 Å². The summed E-state index contributed by atoms with van der Waals surface area (Å²) in [6, 6.07) is 0. The van der Waals surface area contributed by atoms with Crippen molar-refractivity contribution < 1.29 is 14.3 Å². The Morgan fingerprint density at radius 3 is 2.31 bits per heavy atom. The topological polar surface area (TPSA) is 47.6 Å². The molecule has 0 aliphatic heterocycles. The second-order valence-electron chi connectivity index (χ2n) is 2.84. The molecule has 0 atom stereocenters. The zero-order chi connectivity index (χ0) is 10.3. The van der Waals surface area contributed by atoms with Gasteiger partial charge in [-0.3, -0.25) is 0 Å². The van der Waals surface area contributed by atoms with Crippen LogP contribution in [0, 0.1) is 0 Å². The van der Waals surface area contributed by atoms with Crippen molar-refractivity contribution in [1.82, 2.24) is 5.32 Å². The van der Waals surface area contributed by atoms with Gasteiger partial charge in [-0.1, -0.05) is 5.57 Å². The Morgan fingerprint density at radius 2 is 1.85 bits per heavy atom. The van der Waals surface area contributed by atoms with E-state index in [9.17, 15) is 4.79 Å². The minimum atomic E-state index is -0.412. The monoisotopic (exact) mass is 187 g/mol. The zero-order valence-corrected chi connectivity index (χ0v) is 8.64. The highest BCUT2D eigenvalue weighted by molar-refractivity contribution is 5.67. The molecule has 0 rings (SSSR count). The number of carbonyl (C=O) groups excluding carboxylic acids is 1. The number of methoxy groups -OCH3 is 2. The van der Waals surface area contributed by atoms with Crippen LogP contribution in [0.3, 0.4) is 0 Å². The third kappa shape index (κ3) is 5.25. The Kier molecular flexibility index (Phi) is 5.97. The molecule has 0 aliphatic rings. The molecule has 0 fully saturated rings. The summed E-state index contributed by atoms with van der Waals surface area (Å²) in [4.78, 5) is 10.7. The molecule has 0 radical (unpaired) electrons. The molecule has 0 aromatic rings. The molecule has 13 heavy (non-hydrogen) atoms. The van der Waals surface area contributed by atoms with Crippen molar-refractivity contribution in [3.05, 3.63) is 11.1 Å². The van der Waals surface area contributed by atoms with Crippen LogP contribution in [0.1, 0.15) is 13.8 Å². The number of alkyl carbamates (subject to hydrolysis) is 1. The Labute approximate surface area is 78.9 Å². The van der Waals surface area contributed by atoms with E-state index < -0.39 is 6.09 Å². The van der Waals surface area contributed by atoms with Crippen molar-refractivity contribution in [2.24, 2.45) is 0 Å². The van der Waals surface area contributed by atoms with Gasteiger partial charge in [-0.25, -0.2) is 4.79 Å². The van der Waals surface area contributed by atoms with Crippen LogP contribution in [0.5, 0.6) is 0 Å². The number of hydrogen-bond acceptors (Lipinski definition) is 3. The van der Waals surface area contributed by atoms with Crippen LogP contribution in [0.15, 0.2) is 11.1 Å². The minimum absolute atomic E-state index is 0.412. The quantitative estimate of drug-likeness (QED) is 0.675. The van der Waals surface area contributed by atoms with Crippen LogP contribution >= 0.6 is 0 Å². The standard InChI is InChI=1S/C9H17NO3/c1-7(8(2)6-12-3)5-10-9(11)13-4/h5-6H2,1-4H3,(H,10,11)/b8-7+. The highest BCUT2D eigenvalue weighted by Gasteiger charge is 2.00. The number of hydrogen-bond donors (Lipinski definition) is 1. The van der Waals surface area contributed by atoms with Crippen LogP contribution in [0.25, 0.3) is 0 Å². The summed E-state index contributed by atoms with van der Waals surface area (Å²) >= 11 is 0. The number of carbonyl (C=O) groups is 1. The van der Waals surface area contributed by atoms with Crippen LogP contribution < -0.4 is 5.32 Å². The lowest BCUT2D eigenvalue weighted by molar-refractivity contribution is 0.172. The fourth-order valence-electron chi connectivity index (χ4n) is 0.768. The van der Waals surface area contributed by atoms with Crippen molar-refractivity contribution >= 4 is 6.09 Å². The molecule has 0 spiro atoms. The summed E-state index contributed by atoms with van der Waals surface area (Å²) in [5.41, 5.74) is 2.21. The summed E-state index contributed by atoms with van der Waals surface area (Å²) in [6.45, 7) is 5.01. The van der Waals surface area contributed by atoms with E-state index in [2.05, 4.69) is 10.1 Å². The second-order valence-corrected chi connectivity index (χ2v) is 2.84. The highest BCUT2D eigenvalue weighted by atomic mass is 16.5. The number of nitrogens with one attached hydrogen (secondary N) is 1. The number of ether oxygens (including phenoxy) is 2. The molecule has 0 unspecified atom stereocenters. The van der Waals surface area contributed by atoms with Gasteiger partial charge in [-0.05, 0) is 19.4 Å². The number of amides is 1. The van der Waals surface area contributed by atoms with Gasteiger partial charge >= 0.3 is 6.09 Å². The van der Waals surface area contributed by atoms with E-state index in [1.54, 1.807) is 7.11 Å². The summed E-state index contributed by atoms with van der Waals surface area (Å²) in [5.74, 6) is 0. The molecule has 4 nitrogen and oxygen atoms in total. The predicted octanol–water partition coefficient (Wildman–Crippen LogP) is 1.33. The Morgan fingerprint density at radius 1 is 1.23 bits per heavy atom. The third-order valence-electron chi connectivity index (χ3n) is 1.77. The van der Waals surface area contributed by atoms with Crippen molar-refractivity contribution in [3.63, 3.8) is 0 Å². The van der Waals surface area contributed by atoms with Gasteiger partial charge in [-0.2, -0.15) is 0 Å². The molecule has 76 valence electrons. The van der Waals surface area contributed by atoms with Gasteiger partial charge in [0, 0.05) is 13.7 Å². The fourth-order valence-corrected chi connectivity index (χ4v) is 0.768. The average molecular weight is 187 g/mol. The molecule has 0 saturated heterocycles. The van der Waals surface area contributed by atoms with E-state index >= 15 is 0 Å². The summed E-state index contributed by atoms with van der Waals surface area (Å²) < 4.78 is 9.39. The van der Waals surface area contributed by atoms with E-state index in [0.29, 0.717) is 13.2 Å². The number of rotatable bonds is 4. The normalized spacial score (nSPS) is 12.0. The van der Waals surface area contributed by atoms with Crippen LogP contribution in [-0.4, -0.2) is 33.5 Å². The van der Waals surface area contributed by atoms with Gasteiger partial charge in [0.25, 0.3) is 0 Å². The predicted molar refractivity (Wildman–Crippen MR) is 50.7 cm³/mol. The molecule has 0 saturated carbocycles. The van der Waals surface area contributed by atoms with Crippen molar-refractivity contribution in [1.29, 1.82) is 0 Å². The molecule has 1 N–H and O–H groups in total. The minimum Gasteiger partial charge on any atom is -0.453 e. The largest absolute Gasteiger partial charge is 0.453 e. The molecule has 0 bridgehead atoms. The maximum atomic E-state index is 10.7. The van der Waals surface area contributed by atoms with Crippen LogP contribution in [-0.2, 0) is 9.47 Å². The van der Waals surface area contributed by atoms with Crippen LogP contribution in [0.4, 0.5) is 4.79 Å². The summed E-state index contributed by atoms with van der Waals surface area (Å²) in [7, 11) is 2.99. The van der Waals surface area contributed by atoms with E-state index in [4.69, 9.17) is 4.74 Å². The first-order chi connectivity index (χ1) is 6.11. The van der Waals surface area contributed by atoms with Crippen LogP contribution in [0.2, 0.25) is 0 Å². The first kappa shape index (κ1) is 12.0. The fraction of sp³-hybridized carbons (Fsp3) is 0.667. The third-order valence-corrected chi connectivity index (χ3v) is 1.77. The molecular weight excluding hydrogens is 170 g/mol. The lowest BCUT2D eigenvalue weighted by Crippen LogP contribution is -2.25. The summed E-state index contributed by atoms with van der Waals surface area (Å²) in [5, 5.41) is 2.60. The maximum absolute atomic E-state index is 10.7. The van der Waals surface area contributed by atoms with E-state index in [-0.39, 0.29) is 0 Å². The lowest BCUT2D eigenvalue weighted by Gasteiger charge is -2.07. The Bertz CT molecular complexity index is 199. The van der Waals surface area contributed by atoms with Gasteiger partial charge in [0.1, 0.15) is 0 Å². The molecule has 0 aromatic carbocycles. The van der Waals surface area contributed by atoms with Gasteiger partial charge in [0.15, 0.2) is 0 Å². The van der Waals surface area contributed by atoms with E-state index in [1.807, 2.05) is 13.8 Å². The average Bonchev–Trinajstić information content (AvgIpc) is 2.13. The molecule has 1 amide bonds. The summed E-state index contributed by atoms with van der Waals surface area (Å²) in [6.07, 6.45) is -0.412. The Balaban J connectivity index is 3.90. The molecule has 4 heteroatoms. The van der Waals surface area contributed by atoms with Crippen molar-refractivity contribution in [2.45, 2.75) is 13.8 Å². The van der Waals surface area contributed by atoms with Gasteiger partial charge in [-0.15, -0.1) is 0 Å².